The van der Waals surface area contributed by atoms with Crippen LogP contribution in [0.3, 0.4) is 0 Å². The van der Waals surface area contributed by atoms with Crippen molar-refractivity contribution in [2.75, 3.05) is 5.75 Å². The maximum atomic E-state index is 13.1. The van der Waals surface area contributed by atoms with E-state index in [9.17, 15) is 9.90 Å². The van der Waals surface area contributed by atoms with Gasteiger partial charge in [-0.05, 0) is 103 Å². The molecule has 8 nitrogen and oxygen atoms in total. The Bertz CT molecular complexity index is 1740. The van der Waals surface area contributed by atoms with E-state index in [-0.39, 0.29) is 30.4 Å². The summed E-state index contributed by atoms with van der Waals surface area (Å²) in [6.45, 7) is 2.45. The molecule has 1 aliphatic heterocycles. The van der Waals surface area contributed by atoms with Crippen molar-refractivity contribution in [2.45, 2.75) is 93.4 Å². The Hall–Kier alpha value is -3.28. The van der Waals surface area contributed by atoms with Crippen LogP contribution in [0.25, 0.3) is 11.1 Å². The third-order valence-electron chi connectivity index (χ3n) is 10.8. The number of aryl methyl sites for hydroxylation is 1. The summed E-state index contributed by atoms with van der Waals surface area (Å²) < 4.78 is 14.2. The second-order valence-electron chi connectivity index (χ2n) is 14.6. The Balaban J connectivity index is 0.950. The molecule has 2 heterocycles. The summed E-state index contributed by atoms with van der Waals surface area (Å²) in [5.74, 6) is 3.12. The van der Waals surface area contributed by atoms with Crippen molar-refractivity contribution in [2.24, 2.45) is 17.8 Å². The number of aromatic nitrogens is 2. The Morgan fingerprint density at radius 3 is 2.29 bits per heavy atom. The molecule has 1 aromatic heterocycles. The van der Waals surface area contributed by atoms with E-state index in [4.69, 9.17) is 9.47 Å². The number of amides is 2. The van der Waals surface area contributed by atoms with E-state index >= 15 is 0 Å². The SMILES string of the molecule is Cc1nnc(SC[C@H]2C[C@@H](c3ccc(CO)cc3)O[C@@H](c3cccc(-c4cccc(CNC(=O)NC56CC7CC(CC(C7)C5)C6)c4)c3)O2)s1. The van der Waals surface area contributed by atoms with Gasteiger partial charge in [-0.1, -0.05) is 83.8 Å². The molecule has 1 saturated heterocycles. The van der Waals surface area contributed by atoms with Crippen molar-refractivity contribution >= 4 is 29.1 Å². The number of benzene rings is 3. The average Bonchev–Trinajstić information content (AvgIpc) is 3.54. The maximum absolute atomic E-state index is 13.1. The molecule has 4 aliphatic carbocycles. The number of hydrogen-bond donors (Lipinski definition) is 3. The highest BCUT2D eigenvalue weighted by Crippen LogP contribution is 2.55. The van der Waals surface area contributed by atoms with Crippen molar-refractivity contribution in [1.29, 1.82) is 0 Å². The minimum Gasteiger partial charge on any atom is -0.392 e. The zero-order valence-electron chi connectivity index (χ0n) is 27.8. The Morgan fingerprint density at radius 2 is 1.59 bits per heavy atom. The van der Waals surface area contributed by atoms with Crippen LogP contribution in [-0.4, -0.2) is 38.7 Å². The number of nitrogens with one attached hydrogen (secondary N) is 2. The van der Waals surface area contributed by atoms with Crippen LogP contribution in [0.2, 0.25) is 0 Å². The number of carbonyl (C=O) groups excluding carboxylic acids is 1. The fraction of sp³-hybridized carbons (Fsp3) is 0.462. The van der Waals surface area contributed by atoms with Crippen molar-refractivity contribution in [3.8, 4) is 11.1 Å². The van der Waals surface area contributed by atoms with Gasteiger partial charge in [0.05, 0.1) is 18.8 Å². The van der Waals surface area contributed by atoms with E-state index in [0.29, 0.717) is 13.0 Å². The van der Waals surface area contributed by atoms with Gasteiger partial charge in [0.2, 0.25) is 0 Å². The standard InChI is InChI=1S/C39H44N4O4S2/c1-24-42-43-38(49-24)48-23-34-17-35(30-10-8-25(22-44)9-11-30)47-36(46-34)33-7-3-6-32(16-33)31-5-2-4-26(15-31)21-40-37(45)41-39-18-27-12-28(19-39)14-29(13-27)20-39/h2-11,15-16,27-29,34-36,44H,12-14,17-23H2,1H3,(H2,40,41,45)/t27?,28?,29?,34-,35+,36+,39?/m1/s1. The molecule has 4 bridgehead atoms. The molecule has 10 heteroatoms. The van der Waals surface area contributed by atoms with Gasteiger partial charge in [0.25, 0.3) is 0 Å². The van der Waals surface area contributed by atoms with Crippen molar-refractivity contribution in [1.82, 2.24) is 20.8 Å². The second kappa shape index (κ2) is 14.2. The number of urea groups is 1. The highest BCUT2D eigenvalue weighted by atomic mass is 32.2. The summed E-state index contributed by atoms with van der Waals surface area (Å²) in [5.41, 5.74) is 6.09. The molecule has 5 fully saturated rings. The molecule has 2 amide bonds. The quantitative estimate of drug-likeness (QED) is 0.144. The predicted molar refractivity (Wildman–Crippen MR) is 192 cm³/mol. The van der Waals surface area contributed by atoms with Crippen LogP contribution in [0, 0.1) is 24.7 Å². The first-order chi connectivity index (χ1) is 23.9. The number of ether oxygens (including phenoxy) is 2. The molecule has 5 aliphatic rings. The van der Waals surface area contributed by atoms with E-state index in [1.807, 2.05) is 31.2 Å². The molecule has 3 atom stereocenters. The lowest BCUT2D eigenvalue weighted by atomic mass is 9.53. The van der Waals surface area contributed by atoms with Gasteiger partial charge in [0.1, 0.15) is 5.01 Å². The van der Waals surface area contributed by atoms with Gasteiger partial charge in [0.15, 0.2) is 10.6 Å². The first-order valence-electron chi connectivity index (χ1n) is 17.6. The second-order valence-corrected chi connectivity index (χ2v) is 17.0. The number of nitrogens with zero attached hydrogens (tertiary/aromatic N) is 2. The van der Waals surface area contributed by atoms with Gasteiger partial charge in [0, 0.05) is 29.8 Å². The topological polar surface area (TPSA) is 106 Å². The predicted octanol–water partition coefficient (Wildman–Crippen LogP) is 8.11. The monoisotopic (exact) mass is 696 g/mol. The van der Waals surface area contributed by atoms with Crippen LogP contribution < -0.4 is 10.6 Å². The molecule has 4 saturated carbocycles. The number of aliphatic hydroxyl groups is 1. The van der Waals surface area contributed by atoms with Crippen molar-refractivity contribution < 1.29 is 19.4 Å². The summed E-state index contributed by atoms with van der Waals surface area (Å²) in [5, 5.41) is 25.5. The highest BCUT2D eigenvalue weighted by molar-refractivity contribution is 8.01. The Labute approximate surface area is 296 Å². The van der Waals surface area contributed by atoms with E-state index < -0.39 is 6.29 Å². The molecule has 256 valence electrons. The molecule has 4 aromatic rings. The minimum absolute atomic E-state index is 0.00105. The van der Waals surface area contributed by atoms with Gasteiger partial charge in [-0.15, -0.1) is 10.2 Å². The van der Waals surface area contributed by atoms with Crippen LogP contribution in [-0.2, 0) is 22.6 Å². The molecular formula is C39H44N4O4S2. The van der Waals surface area contributed by atoms with E-state index in [0.717, 1.165) is 85.5 Å². The minimum atomic E-state index is -0.545. The van der Waals surface area contributed by atoms with Gasteiger partial charge in [-0.2, -0.15) is 0 Å². The fourth-order valence-corrected chi connectivity index (χ4v) is 10.8. The zero-order valence-corrected chi connectivity index (χ0v) is 29.5. The van der Waals surface area contributed by atoms with Crippen LogP contribution in [0.4, 0.5) is 4.79 Å². The van der Waals surface area contributed by atoms with Crippen LogP contribution >= 0.6 is 23.1 Å². The molecule has 0 unspecified atom stereocenters. The summed E-state index contributed by atoms with van der Waals surface area (Å²) in [7, 11) is 0. The lowest BCUT2D eigenvalue weighted by Crippen LogP contribution is -2.61. The van der Waals surface area contributed by atoms with E-state index in [1.54, 1.807) is 23.1 Å². The van der Waals surface area contributed by atoms with Crippen molar-refractivity contribution in [3.05, 3.63) is 100 Å². The van der Waals surface area contributed by atoms with Gasteiger partial charge >= 0.3 is 6.03 Å². The Morgan fingerprint density at radius 1 is 0.878 bits per heavy atom. The molecule has 9 rings (SSSR count). The molecular weight excluding hydrogens is 653 g/mol. The van der Waals surface area contributed by atoms with Crippen LogP contribution in [0.5, 0.6) is 0 Å². The Kier molecular flexibility index (Phi) is 9.50. The summed E-state index contributed by atoms with van der Waals surface area (Å²) >= 11 is 3.27. The number of thioether (sulfide) groups is 1. The first kappa shape index (κ1) is 32.9. The van der Waals surface area contributed by atoms with Crippen LogP contribution in [0.15, 0.2) is 77.1 Å². The van der Waals surface area contributed by atoms with Crippen molar-refractivity contribution in [3.63, 3.8) is 0 Å². The number of carbonyl (C=O) groups is 1. The molecule has 0 spiro atoms. The summed E-state index contributed by atoms with van der Waals surface area (Å²) in [6, 6.07) is 24.7. The molecule has 3 N–H and O–H groups in total. The lowest BCUT2D eigenvalue weighted by Gasteiger charge is -2.56. The fourth-order valence-electron chi connectivity index (χ4n) is 8.98. The third kappa shape index (κ3) is 7.59. The van der Waals surface area contributed by atoms with Gasteiger partial charge < -0.3 is 25.2 Å². The maximum Gasteiger partial charge on any atom is 0.315 e. The first-order valence-corrected chi connectivity index (χ1v) is 19.4. The average molecular weight is 697 g/mol. The van der Waals surface area contributed by atoms with Gasteiger partial charge in [-0.3, -0.25) is 0 Å². The molecule has 3 aromatic carbocycles. The normalized spacial score (nSPS) is 28.8. The third-order valence-corrected chi connectivity index (χ3v) is 12.9. The van der Waals surface area contributed by atoms with E-state index in [2.05, 4.69) is 69.4 Å². The summed E-state index contributed by atoms with van der Waals surface area (Å²) in [6.07, 6.45) is 7.47. The van der Waals surface area contributed by atoms with Gasteiger partial charge in [-0.25, -0.2) is 4.79 Å². The highest BCUT2D eigenvalue weighted by Gasteiger charge is 2.51. The zero-order chi connectivity index (χ0) is 33.4. The number of hydrogen-bond acceptors (Lipinski definition) is 8. The summed E-state index contributed by atoms with van der Waals surface area (Å²) in [4.78, 5) is 13.1. The van der Waals surface area contributed by atoms with E-state index in [1.165, 1.54) is 19.3 Å². The number of aliphatic hydroxyl groups excluding tert-OH is 1. The molecule has 49 heavy (non-hydrogen) atoms. The van der Waals surface area contributed by atoms with Crippen LogP contribution in [0.1, 0.15) is 84.6 Å². The molecule has 0 radical (unpaired) electrons. The lowest BCUT2D eigenvalue weighted by molar-refractivity contribution is -0.245. The largest absolute Gasteiger partial charge is 0.392 e. The number of rotatable bonds is 10. The smallest absolute Gasteiger partial charge is 0.315 e.